The van der Waals surface area contributed by atoms with E-state index in [0.717, 1.165) is 22.6 Å². The van der Waals surface area contributed by atoms with Crippen LogP contribution in [0.5, 0.6) is 5.88 Å². The lowest BCUT2D eigenvalue weighted by molar-refractivity contribution is 0.400. The summed E-state index contributed by atoms with van der Waals surface area (Å²) < 4.78 is 5.14. The summed E-state index contributed by atoms with van der Waals surface area (Å²) in [6.07, 6.45) is 0. The second-order valence-corrected chi connectivity index (χ2v) is 2.99. The fourth-order valence-corrected chi connectivity index (χ4v) is 1.38. The summed E-state index contributed by atoms with van der Waals surface area (Å²) in [6.45, 7) is 3.83. The molecule has 0 atom stereocenters. The van der Waals surface area contributed by atoms with Crippen molar-refractivity contribution in [2.24, 2.45) is 0 Å². The minimum absolute atomic E-state index is 0.607. The van der Waals surface area contributed by atoms with Crippen molar-refractivity contribution in [1.82, 2.24) is 15.0 Å². The van der Waals surface area contributed by atoms with Gasteiger partial charge in [0.15, 0.2) is 0 Å². The number of ether oxygens (including phenoxy) is 1. The molecule has 0 bridgehead atoms. The molecular formula is C9H11N3O. The Labute approximate surface area is 76.0 Å². The van der Waals surface area contributed by atoms with Gasteiger partial charge in [0, 0.05) is 5.69 Å². The van der Waals surface area contributed by atoms with Gasteiger partial charge in [0.2, 0.25) is 5.88 Å². The highest BCUT2D eigenvalue weighted by molar-refractivity contribution is 5.80. The Hall–Kier alpha value is -1.58. The van der Waals surface area contributed by atoms with E-state index in [9.17, 15) is 0 Å². The number of H-pyrrole nitrogens is 1. The van der Waals surface area contributed by atoms with E-state index in [1.165, 1.54) is 0 Å². The summed E-state index contributed by atoms with van der Waals surface area (Å²) in [4.78, 5) is 11.6. The molecule has 0 saturated heterocycles. The third kappa shape index (κ3) is 1.24. The number of aryl methyl sites for hydroxylation is 2. The topological polar surface area (TPSA) is 50.8 Å². The number of methoxy groups -OCH3 is 1. The molecule has 0 saturated carbocycles. The standard InChI is InChI=1S/C9H11N3O/c1-5-4-7-8(10-5)9(13-3)12-6(2)11-7/h4,10H,1-3H3. The van der Waals surface area contributed by atoms with Gasteiger partial charge in [-0.3, -0.25) is 0 Å². The van der Waals surface area contributed by atoms with Crippen LogP contribution in [0.3, 0.4) is 0 Å². The highest BCUT2D eigenvalue weighted by Gasteiger charge is 2.07. The molecule has 0 amide bonds. The zero-order valence-corrected chi connectivity index (χ0v) is 7.88. The summed E-state index contributed by atoms with van der Waals surface area (Å²) in [6, 6.07) is 1.98. The van der Waals surface area contributed by atoms with E-state index >= 15 is 0 Å². The summed E-state index contributed by atoms with van der Waals surface area (Å²) in [5, 5.41) is 0. The van der Waals surface area contributed by atoms with Gasteiger partial charge in [-0.2, -0.15) is 4.98 Å². The first-order valence-corrected chi connectivity index (χ1v) is 4.08. The third-order valence-electron chi connectivity index (χ3n) is 1.88. The molecule has 0 aliphatic rings. The minimum atomic E-state index is 0.607. The third-order valence-corrected chi connectivity index (χ3v) is 1.88. The Balaban J connectivity index is 2.80. The van der Waals surface area contributed by atoms with Crippen LogP contribution in [0.15, 0.2) is 6.07 Å². The lowest BCUT2D eigenvalue weighted by Crippen LogP contribution is -1.93. The molecule has 4 nitrogen and oxygen atoms in total. The lowest BCUT2D eigenvalue weighted by Gasteiger charge is -2.00. The first-order valence-electron chi connectivity index (χ1n) is 4.08. The smallest absolute Gasteiger partial charge is 0.241 e. The predicted octanol–water partition coefficient (Wildman–Crippen LogP) is 1.58. The summed E-state index contributed by atoms with van der Waals surface area (Å²) in [5.41, 5.74) is 2.83. The molecule has 2 rings (SSSR count). The van der Waals surface area contributed by atoms with Gasteiger partial charge in [-0.1, -0.05) is 0 Å². The largest absolute Gasteiger partial charge is 0.479 e. The molecular weight excluding hydrogens is 166 g/mol. The Bertz CT molecular complexity index is 447. The number of hydrogen-bond acceptors (Lipinski definition) is 3. The second kappa shape index (κ2) is 2.73. The predicted molar refractivity (Wildman–Crippen MR) is 49.9 cm³/mol. The van der Waals surface area contributed by atoms with Crippen LogP contribution in [0.25, 0.3) is 11.0 Å². The van der Waals surface area contributed by atoms with E-state index < -0.39 is 0 Å². The van der Waals surface area contributed by atoms with Crippen LogP contribution in [-0.2, 0) is 0 Å². The van der Waals surface area contributed by atoms with Crippen molar-refractivity contribution in [2.45, 2.75) is 13.8 Å². The van der Waals surface area contributed by atoms with Crippen molar-refractivity contribution >= 4 is 11.0 Å². The number of aromatic amines is 1. The molecule has 0 aliphatic heterocycles. The molecule has 68 valence electrons. The first-order chi connectivity index (χ1) is 6.20. The van der Waals surface area contributed by atoms with Crippen molar-refractivity contribution in [3.63, 3.8) is 0 Å². The molecule has 0 spiro atoms. The number of nitrogens with one attached hydrogen (secondary N) is 1. The van der Waals surface area contributed by atoms with E-state index in [0.29, 0.717) is 5.88 Å². The van der Waals surface area contributed by atoms with Crippen molar-refractivity contribution in [2.75, 3.05) is 7.11 Å². The monoisotopic (exact) mass is 177 g/mol. The van der Waals surface area contributed by atoms with Crippen LogP contribution in [-0.4, -0.2) is 22.1 Å². The molecule has 13 heavy (non-hydrogen) atoms. The van der Waals surface area contributed by atoms with Gasteiger partial charge in [-0.15, -0.1) is 0 Å². The van der Waals surface area contributed by atoms with Crippen LogP contribution in [0.1, 0.15) is 11.5 Å². The van der Waals surface area contributed by atoms with Crippen LogP contribution in [0, 0.1) is 13.8 Å². The zero-order chi connectivity index (χ0) is 9.42. The number of aromatic nitrogens is 3. The molecule has 0 radical (unpaired) electrons. The molecule has 0 fully saturated rings. The van der Waals surface area contributed by atoms with E-state index in [1.54, 1.807) is 7.11 Å². The van der Waals surface area contributed by atoms with Gasteiger partial charge in [-0.05, 0) is 19.9 Å². The number of hydrogen-bond donors (Lipinski definition) is 1. The Morgan fingerprint density at radius 1 is 1.31 bits per heavy atom. The van der Waals surface area contributed by atoms with E-state index in [-0.39, 0.29) is 0 Å². The normalized spacial score (nSPS) is 10.7. The maximum Gasteiger partial charge on any atom is 0.241 e. The van der Waals surface area contributed by atoms with E-state index in [1.807, 2.05) is 19.9 Å². The van der Waals surface area contributed by atoms with Crippen LogP contribution in [0.4, 0.5) is 0 Å². The molecule has 2 heterocycles. The van der Waals surface area contributed by atoms with Crippen molar-refractivity contribution in [3.05, 3.63) is 17.6 Å². The number of rotatable bonds is 1. The van der Waals surface area contributed by atoms with Crippen LogP contribution >= 0.6 is 0 Å². The van der Waals surface area contributed by atoms with E-state index in [4.69, 9.17) is 4.74 Å². The van der Waals surface area contributed by atoms with Crippen molar-refractivity contribution < 1.29 is 4.74 Å². The molecule has 2 aromatic heterocycles. The molecule has 0 aliphatic carbocycles. The minimum Gasteiger partial charge on any atom is -0.479 e. The molecule has 4 heteroatoms. The zero-order valence-electron chi connectivity index (χ0n) is 7.88. The van der Waals surface area contributed by atoms with Gasteiger partial charge < -0.3 is 9.72 Å². The quantitative estimate of drug-likeness (QED) is 0.719. The molecule has 2 aromatic rings. The molecule has 0 unspecified atom stereocenters. The maximum atomic E-state index is 5.14. The molecule has 1 N–H and O–H groups in total. The van der Waals surface area contributed by atoms with Crippen molar-refractivity contribution in [3.8, 4) is 5.88 Å². The maximum absolute atomic E-state index is 5.14. The summed E-state index contributed by atoms with van der Waals surface area (Å²) in [5.74, 6) is 1.33. The highest BCUT2D eigenvalue weighted by Crippen LogP contribution is 2.21. The van der Waals surface area contributed by atoms with Crippen LogP contribution < -0.4 is 4.74 Å². The Morgan fingerprint density at radius 3 is 2.77 bits per heavy atom. The van der Waals surface area contributed by atoms with E-state index in [2.05, 4.69) is 15.0 Å². The fraction of sp³-hybridized carbons (Fsp3) is 0.333. The Morgan fingerprint density at radius 2 is 2.08 bits per heavy atom. The SMILES string of the molecule is COc1nc(C)nc2cc(C)[nH]c12. The second-order valence-electron chi connectivity index (χ2n) is 2.99. The van der Waals surface area contributed by atoms with Crippen molar-refractivity contribution in [1.29, 1.82) is 0 Å². The van der Waals surface area contributed by atoms with Gasteiger partial charge in [0.1, 0.15) is 11.3 Å². The van der Waals surface area contributed by atoms with Gasteiger partial charge >= 0.3 is 0 Å². The van der Waals surface area contributed by atoms with Gasteiger partial charge in [0.25, 0.3) is 0 Å². The average Bonchev–Trinajstić information content (AvgIpc) is 2.43. The fourth-order valence-electron chi connectivity index (χ4n) is 1.38. The Kier molecular flexibility index (Phi) is 1.69. The van der Waals surface area contributed by atoms with Gasteiger partial charge in [0.05, 0.1) is 12.6 Å². The lowest BCUT2D eigenvalue weighted by atomic mass is 10.4. The van der Waals surface area contributed by atoms with Gasteiger partial charge in [-0.25, -0.2) is 4.98 Å². The number of fused-ring (bicyclic) bond motifs is 1. The van der Waals surface area contributed by atoms with Crippen LogP contribution in [0.2, 0.25) is 0 Å². The average molecular weight is 177 g/mol. The highest BCUT2D eigenvalue weighted by atomic mass is 16.5. The number of nitrogens with zero attached hydrogens (tertiary/aromatic N) is 2. The molecule has 0 aromatic carbocycles. The summed E-state index contributed by atoms with van der Waals surface area (Å²) >= 11 is 0. The first kappa shape index (κ1) is 8.04. The summed E-state index contributed by atoms with van der Waals surface area (Å²) in [7, 11) is 1.61.